The van der Waals surface area contributed by atoms with Crippen molar-refractivity contribution in [2.75, 3.05) is 25.1 Å². The second-order valence-corrected chi connectivity index (χ2v) is 7.30. The van der Waals surface area contributed by atoms with Gasteiger partial charge in [0.2, 0.25) is 5.91 Å². The van der Waals surface area contributed by atoms with Crippen molar-refractivity contribution in [3.63, 3.8) is 0 Å². The molecule has 6 nitrogen and oxygen atoms in total. The normalized spacial score (nSPS) is 15.2. The van der Waals surface area contributed by atoms with E-state index < -0.39 is 11.9 Å². The lowest BCUT2D eigenvalue weighted by Crippen LogP contribution is -2.45. The molecule has 30 heavy (non-hydrogen) atoms. The summed E-state index contributed by atoms with van der Waals surface area (Å²) in [5.74, 6) is 1.08. The van der Waals surface area contributed by atoms with Gasteiger partial charge < -0.3 is 15.0 Å². The van der Waals surface area contributed by atoms with Crippen molar-refractivity contribution >= 4 is 11.7 Å². The number of nitrogens with one attached hydrogen (secondary N) is 1. The van der Waals surface area contributed by atoms with Crippen molar-refractivity contribution in [2.45, 2.75) is 44.8 Å². The topological polar surface area (TPSA) is 67.3 Å². The molecule has 9 heteroatoms. The summed E-state index contributed by atoms with van der Waals surface area (Å²) in [4.78, 5) is 21.8. The Hall–Kier alpha value is -2.84. The van der Waals surface area contributed by atoms with Crippen LogP contribution in [0.5, 0.6) is 5.75 Å². The van der Waals surface area contributed by atoms with Crippen LogP contribution in [0.3, 0.4) is 0 Å². The van der Waals surface area contributed by atoms with E-state index in [0.717, 1.165) is 17.4 Å². The fourth-order valence-electron chi connectivity index (χ4n) is 3.57. The number of benzene rings is 1. The molecule has 0 aliphatic carbocycles. The summed E-state index contributed by atoms with van der Waals surface area (Å²) >= 11 is 0. The van der Waals surface area contributed by atoms with Crippen LogP contribution < -0.4 is 15.0 Å². The number of carbonyl (C=O) groups is 1. The number of methoxy groups -OCH3 is 1. The zero-order chi connectivity index (χ0) is 21.7. The number of hydrogen-bond acceptors (Lipinski definition) is 5. The summed E-state index contributed by atoms with van der Waals surface area (Å²) in [6.07, 6.45) is -2.29. The van der Waals surface area contributed by atoms with Crippen LogP contribution in [0.15, 0.2) is 30.3 Å². The third-order valence-electron chi connectivity index (χ3n) is 5.11. The highest BCUT2D eigenvalue weighted by Gasteiger charge is 2.34. The van der Waals surface area contributed by atoms with Crippen LogP contribution in [0.25, 0.3) is 0 Å². The molecule has 2 aromatic rings. The van der Waals surface area contributed by atoms with Gasteiger partial charge in [0.15, 0.2) is 0 Å². The summed E-state index contributed by atoms with van der Waals surface area (Å²) in [6, 6.07) is 8.57. The Kier molecular flexibility index (Phi) is 6.79. The molecule has 1 aliphatic heterocycles. The van der Waals surface area contributed by atoms with E-state index >= 15 is 0 Å². The molecule has 162 valence electrons. The molecule has 1 aliphatic rings. The van der Waals surface area contributed by atoms with E-state index in [4.69, 9.17) is 4.74 Å². The van der Waals surface area contributed by atoms with Crippen LogP contribution in [-0.4, -0.2) is 42.1 Å². The fourth-order valence-corrected chi connectivity index (χ4v) is 3.57. The molecular formula is C21H25F3N4O2. The average molecular weight is 422 g/mol. The van der Waals surface area contributed by atoms with E-state index in [1.807, 2.05) is 24.3 Å². The maximum absolute atomic E-state index is 13.0. The summed E-state index contributed by atoms with van der Waals surface area (Å²) in [5.41, 5.74) is 0.0429. The second-order valence-electron chi connectivity index (χ2n) is 7.30. The van der Waals surface area contributed by atoms with Gasteiger partial charge in [-0.1, -0.05) is 18.2 Å². The number of alkyl halides is 3. The molecule has 2 heterocycles. The van der Waals surface area contributed by atoms with Crippen LogP contribution >= 0.6 is 0 Å². The van der Waals surface area contributed by atoms with Gasteiger partial charge in [0, 0.05) is 31.6 Å². The molecule has 0 atom stereocenters. The number of aromatic nitrogens is 2. The van der Waals surface area contributed by atoms with E-state index in [0.29, 0.717) is 38.8 Å². The molecule has 1 aromatic carbocycles. The first-order chi connectivity index (χ1) is 14.3. The second kappa shape index (κ2) is 9.32. The van der Waals surface area contributed by atoms with Crippen LogP contribution in [0.2, 0.25) is 0 Å². The summed E-state index contributed by atoms with van der Waals surface area (Å²) in [7, 11) is 1.60. The highest BCUT2D eigenvalue weighted by Crippen LogP contribution is 2.30. The highest BCUT2D eigenvalue weighted by molar-refractivity contribution is 5.76. The zero-order valence-electron chi connectivity index (χ0n) is 17.0. The molecule has 0 saturated carbocycles. The van der Waals surface area contributed by atoms with Crippen molar-refractivity contribution < 1.29 is 22.7 Å². The predicted molar refractivity (Wildman–Crippen MR) is 106 cm³/mol. The van der Waals surface area contributed by atoms with Gasteiger partial charge in [-0.3, -0.25) is 4.79 Å². The number of halogens is 3. The van der Waals surface area contributed by atoms with Gasteiger partial charge in [-0.05, 0) is 37.8 Å². The molecule has 0 unspecified atom stereocenters. The number of nitrogens with zero attached hydrogens (tertiary/aromatic N) is 3. The maximum atomic E-state index is 13.0. The number of carbonyl (C=O) groups excluding carboxylic acids is 1. The summed E-state index contributed by atoms with van der Waals surface area (Å²) in [6.45, 7) is 2.49. The van der Waals surface area contributed by atoms with Gasteiger partial charge in [0.25, 0.3) is 0 Å². The largest absolute Gasteiger partial charge is 0.496 e. The van der Waals surface area contributed by atoms with E-state index in [2.05, 4.69) is 15.3 Å². The average Bonchev–Trinajstić information content (AvgIpc) is 2.72. The van der Waals surface area contributed by atoms with E-state index in [-0.39, 0.29) is 23.6 Å². The molecule has 1 fully saturated rings. The maximum Gasteiger partial charge on any atom is 0.433 e. The van der Waals surface area contributed by atoms with E-state index in [1.54, 1.807) is 12.0 Å². The van der Waals surface area contributed by atoms with Crippen molar-refractivity contribution in [3.05, 3.63) is 47.4 Å². The molecule has 1 N–H and O–H groups in total. The minimum Gasteiger partial charge on any atom is -0.496 e. The smallest absolute Gasteiger partial charge is 0.433 e. The number of hydrogen-bond donors (Lipinski definition) is 1. The standard InChI is InChI=1S/C21H25F3N4O2/c1-14-25-18(21(22,23)24)13-19(26-14)28-11-9-16(10-12-28)27-20(29)8-7-15-5-3-4-6-17(15)30-2/h3-6,13,16H,7-12H2,1-2H3,(H,27,29). The van der Waals surface area contributed by atoms with Gasteiger partial charge in [-0.15, -0.1) is 0 Å². The Morgan fingerprint density at radius 3 is 2.60 bits per heavy atom. The first-order valence-corrected chi connectivity index (χ1v) is 9.85. The Bertz CT molecular complexity index is 881. The molecule has 0 radical (unpaired) electrons. The number of para-hydroxylation sites is 1. The summed E-state index contributed by atoms with van der Waals surface area (Å²) in [5, 5.41) is 3.03. The first kappa shape index (κ1) is 21.9. The van der Waals surface area contributed by atoms with Crippen molar-refractivity contribution in [1.29, 1.82) is 0 Å². The van der Waals surface area contributed by atoms with E-state index in [1.165, 1.54) is 6.92 Å². The molecular weight excluding hydrogens is 397 g/mol. The summed E-state index contributed by atoms with van der Waals surface area (Å²) < 4.78 is 44.3. The van der Waals surface area contributed by atoms with Gasteiger partial charge >= 0.3 is 6.18 Å². The molecule has 3 rings (SSSR count). The van der Waals surface area contributed by atoms with Crippen molar-refractivity contribution in [2.24, 2.45) is 0 Å². The Labute approximate surface area is 173 Å². The molecule has 1 amide bonds. The number of piperidine rings is 1. The zero-order valence-corrected chi connectivity index (χ0v) is 17.0. The fraction of sp³-hybridized carbons (Fsp3) is 0.476. The van der Waals surface area contributed by atoms with Crippen molar-refractivity contribution in [3.8, 4) is 5.75 Å². The molecule has 1 aromatic heterocycles. The Balaban J connectivity index is 1.51. The molecule has 0 spiro atoms. The Morgan fingerprint density at radius 1 is 1.23 bits per heavy atom. The monoisotopic (exact) mass is 422 g/mol. The van der Waals surface area contributed by atoms with Gasteiger partial charge in [-0.2, -0.15) is 13.2 Å². The van der Waals surface area contributed by atoms with Crippen LogP contribution in [0.4, 0.5) is 19.0 Å². The number of rotatable bonds is 6. The highest BCUT2D eigenvalue weighted by atomic mass is 19.4. The van der Waals surface area contributed by atoms with Crippen molar-refractivity contribution in [1.82, 2.24) is 15.3 Å². The third kappa shape index (κ3) is 5.61. The van der Waals surface area contributed by atoms with Gasteiger partial charge in [0.1, 0.15) is 23.1 Å². The lowest BCUT2D eigenvalue weighted by molar-refractivity contribution is -0.141. The van der Waals surface area contributed by atoms with Gasteiger partial charge in [-0.25, -0.2) is 9.97 Å². The SMILES string of the molecule is COc1ccccc1CCC(=O)NC1CCN(c2cc(C(F)(F)F)nc(C)n2)CC1. The number of amides is 1. The molecule has 1 saturated heterocycles. The third-order valence-corrected chi connectivity index (χ3v) is 5.11. The number of anilines is 1. The van der Waals surface area contributed by atoms with Crippen LogP contribution in [0.1, 0.15) is 36.3 Å². The Morgan fingerprint density at radius 2 is 1.93 bits per heavy atom. The van der Waals surface area contributed by atoms with Gasteiger partial charge in [0.05, 0.1) is 7.11 Å². The minimum atomic E-state index is -4.50. The quantitative estimate of drug-likeness (QED) is 0.772. The van der Waals surface area contributed by atoms with E-state index in [9.17, 15) is 18.0 Å². The lowest BCUT2D eigenvalue weighted by Gasteiger charge is -2.33. The first-order valence-electron chi connectivity index (χ1n) is 9.85. The number of ether oxygens (including phenoxy) is 1. The predicted octanol–water partition coefficient (Wildman–Crippen LogP) is 3.53. The van der Waals surface area contributed by atoms with Crippen LogP contribution in [-0.2, 0) is 17.4 Å². The van der Waals surface area contributed by atoms with Crippen LogP contribution in [0, 0.1) is 6.92 Å². The number of aryl methyl sites for hydroxylation is 2. The minimum absolute atomic E-state index is 0.00330. The lowest BCUT2D eigenvalue weighted by atomic mass is 10.0. The molecule has 0 bridgehead atoms.